The Bertz CT molecular complexity index is 1820. The van der Waals surface area contributed by atoms with E-state index in [0.717, 1.165) is 44.2 Å². The fourth-order valence-electron chi connectivity index (χ4n) is 4.98. The van der Waals surface area contributed by atoms with E-state index in [1.807, 2.05) is 66.1 Å². The van der Waals surface area contributed by atoms with E-state index in [0.29, 0.717) is 42.6 Å². The molecule has 0 radical (unpaired) electrons. The van der Waals surface area contributed by atoms with Gasteiger partial charge in [0.2, 0.25) is 5.82 Å². The van der Waals surface area contributed by atoms with Crippen LogP contribution in [0.3, 0.4) is 0 Å². The molecule has 0 saturated carbocycles. The van der Waals surface area contributed by atoms with Gasteiger partial charge in [-0.2, -0.15) is 10.2 Å². The largest absolute Gasteiger partial charge is 0.465 e. The van der Waals surface area contributed by atoms with Crippen LogP contribution < -0.4 is 10.1 Å². The van der Waals surface area contributed by atoms with E-state index in [4.69, 9.17) is 9.72 Å². The molecule has 9 nitrogen and oxygen atoms in total. The molecular weight excluding hydrogens is 594 g/mol. The highest BCUT2D eigenvalue weighted by Gasteiger charge is 2.19. The Kier molecular flexibility index (Phi) is 8.05. The predicted molar refractivity (Wildman–Crippen MR) is 165 cm³/mol. The molecule has 10 heteroatoms. The number of carbonyl (C=O) groups is 1. The number of nitrogens with one attached hydrogen (secondary N) is 2. The molecule has 0 aliphatic rings. The van der Waals surface area contributed by atoms with Crippen molar-refractivity contribution in [2.24, 2.45) is 0 Å². The molecule has 6 rings (SSSR count). The summed E-state index contributed by atoms with van der Waals surface area (Å²) in [6.45, 7) is 3.40. The van der Waals surface area contributed by atoms with Crippen LogP contribution in [0.15, 0.2) is 95.5 Å². The van der Waals surface area contributed by atoms with E-state index in [9.17, 15) is 4.79 Å². The van der Waals surface area contributed by atoms with Gasteiger partial charge in [-0.1, -0.05) is 82.7 Å². The van der Waals surface area contributed by atoms with Gasteiger partial charge in [-0.15, -0.1) is 10.2 Å². The highest BCUT2D eigenvalue weighted by molar-refractivity contribution is 9.10. The smallest absolute Gasteiger partial charge is 0.297 e. The molecule has 0 aliphatic heterocycles. The molecule has 1 amide bonds. The topological polar surface area (TPSA) is 111 Å². The van der Waals surface area contributed by atoms with E-state index >= 15 is 0 Å². The van der Waals surface area contributed by atoms with Gasteiger partial charge in [-0.05, 0) is 65.1 Å². The van der Waals surface area contributed by atoms with Crippen LogP contribution in [0.5, 0.6) is 6.01 Å². The fraction of sp³-hybridized carbons (Fsp3) is 0.156. The van der Waals surface area contributed by atoms with Crippen molar-refractivity contribution in [1.29, 1.82) is 0 Å². The third-order valence-electron chi connectivity index (χ3n) is 6.98. The van der Waals surface area contributed by atoms with E-state index in [2.05, 4.69) is 78.3 Å². The van der Waals surface area contributed by atoms with E-state index in [1.54, 1.807) is 0 Å². The van der Waals surface area contributed by atoms with Crippen LogP contribution in [0.2, 0.25) is 0 Å². The number of amides is 1. The van der Waals surface area contributed by atoms with Crippen molar-refractivity contribution in [3.8, 4) is 28.5 Å². The molecule has 4 aromatic carbocycles. The van der Waals surface area contributed by atoms with E-state index < -0.39 is 0 Å². The first kappa shape index (κ1) is 27.3. The number of tetrazole rings is 1. The second-order valence-corrected chi connectivity index (χ2v) is 10.6. The van der Waals surface area contributed by atoms with Crippen LogP contribution in [0, 0.1) is 0 Å². The predicted octanol–water partition coefficient (Wildman–Crippen LogP) is 6.07. The molecule has 0 atom stereocenters. The summed E-state index contributed by atoms with van der Waals surface area (Å²) in [5, 5.41) is 17.6. The zero-order valence-corrected chi connectivity index (χ0v) is 24.5. The molecule has 0 spiro atoms. The van der Waals surface area contributed by atoms with Gasteiger partial charge in [0.1, 0.15) is 0 Å². The second kappa shape index (κ2) is 12.4. The van der Waals surface area contributed by atoms with Crippen LogP contribution in [-0.4, -0.2) is 49.2 Å². The summed E-state index contributed by atoms with van der Waals surface area (Å²) in [4.78, 5) is 18.1. The first-order chi connectivity index (χ1) is 20.6. The standard InChI is InChI=1S/C32H28BrN7O2/c1-2-42-32-35-28-9-5-8-27(31(41)34-19-18-21-12-16-24(33)17-13-21)29(28)40(32)20-22-10-14-23(15-11-22)25-6-3-4-7-26(25)30-36-38-39-37-30/h3-17H,2,18-20H2,1H3,(H,34,41)(H,36,37,38,39). The molecule has 42 heavy (non-hydrogen) atoms. The van der Waals surface area contributed by atoms with E-state index in [-0.39, 0.29) is 5.91 Å². The average Bonchev–Trinajstić information content (AvgIpc) is 3.67. The summed E-state index contributed by atoms with van der Waals surface area (Å²) in [6, 6.07) is 30.5. The molecule has 2 aromatic heterocycles. The van der Waals surface area contributed by atoms with E-state index in [1.165, 1.54) is 0 Å². The Balaban J connectivity index is 1.27. The first-order valence-corrected chi connectivity index (χ1v) is 14.5. The minimum atomic E-state index is -0.143. The molecule has 2 heterocycles. The Morgan fingerprint density at radius 1 is 0.929 bits per heavy atom. The number of benzene rings is 4. The highest BCUT2D eigenvalue weighted by atomic mass is 79.9. The Morgan fingerprint density at radius 3 is 2.43 bits per heavy atom. The monoisotopic (exact) mass is 621 g/mol. The lowest BCUT2D eigenvalue weighted by Gasteiger charge is -2.13. The number of rotatable bonds is 10. The molecule has 0 unspecified atom stereocenters. The summed E-state index contributed by atoms with van der Waals surface area (Å²) < 4.78 is 8.93. The van der Waals surface area contributed by atoms with Crippen molar-refractivity contribution in [1.82, 2.24) is 35.5 Å². The van der Waals surface area contributed by atoms with Gasteiger partial charge in [0.15, 0.2) is 0 Å². The van der Waals surface area contributed by atoms with Crippen molar-refractivity contribution < 1.29 is 9.53 Å². The quantitative estimate of drug-likeness (QED) is 0.192. The number of aromatic amines is 1. The lowest BCUT2D eigenvalue weighted by molar-refractivity contribution is 0.0955. The average molecular weight is 623 g/mol. The number of carbonyl (C=O) groups excluding carboxylic acids is 1. The summed E-state index contributed by atoms with van der Waals surface area (Å²) in [5.74, 6) is 0.402. The Morgan fingerprint density at radius 2 is 1.69 bits per heavy atom. The lowest BCUT2D eigenvalue weighted by Crippen LogP contribution is -2.26. The number of H-pyrrole nitrogens is 1. The minimum Gasteiger partial charge on any atom is -0.465 e. The number of hydrogen-bond donors (Lipinski definition) is 2. The third-order valence-corrected chi connectivity index (χ3v) is 7.51. The Hall–Kier alpha value is -4.83. The third kappa shape index (κ3) is 5.80. The summed E-state index contributed by atoms with van der Waals surface area (Å²) in [5.41, 5.74) is 7.16. The van der Waals surface area contributed by atoms with Crippen molar-refractivity contribution >= 4 is 32.9 Å². The summed E-state index contributed by atoms with van der Waals surface area (Å²) >= 11 is 3.46. The molecule has 2 N–H and O–H groups in total. The molecule has 0 saturated heterocycles. The van der Waals surface area contributed by atoms with Gasteiger partial charge in [-0.3, -0.25) is 9.36 Å². The van der Waals surface area contributed by atoms with Gasteiger partial charge in [0.25, 0.3) is 11.9 Å². The van der Waals surface area contributed by atoms with Crippen molar-refractivity contribution in [2.75, 3.05) is 13.2 Å². The number of halogens is 1. The molecular formula is C32H28BrN7O2. The molecule has 0 bridgehead atoms. The molecule has 0 fully saturated rings. The Labute approximate surface area is 251 Å². The molecule has 0 aliphatic carbocycles. The van der Waals surface area contributed by atoms with Gasteiger partial charge < -0.3 is 10.1 Å². The number of ether oxygens (including phenoxy) is 1. The van der Waals surface area contributed by atoms with Crippen LogP contribution in [-0.2, 0) is 13.0 Å². The number of imidazole rings is 1. The zero-order chi connectivity index (χ0) is 28.9. The number of hydrogen-bond acceptors (Lipinski definition) is 6. The molecule has 210 valence electrons. The minimum absolute atomic E-state index is 0.143. The zero-order valence-electron chi connectivity index (χ0n) is 22.9. The van der Waals surface area contributed by atoms with Crippen molar-refractivity contribution in [2.45, 2.75) is 19.9 Å². The maximum atomic E-state index is 13.4. The van der Waals surface area contributed by atoms with Gasteiger partial charge in [0, 0.05) is 16.6 Å². The van der Waals surface area contributed by atoms with Crippen LogP contribution in [0.1, 0.15) is 28.4 Å². The first-order valence-electron chi connectivity index (χ1n) is 13.7. The molecule has 6 aromatic rings. The van der Waals surface area contributed by atoms with Crippen LogP contribution in [0.4, 0.5) is 0 Å². The summed E-state index contributed by atoms with van der Waals surface area (Å²) in [6.07, 6.45) is 0.737. The highest BCUT2D eigenvalue weighted by Crippen LogP contribution is 2.31. The fourth-order valence-corrected chi connectivity index (χ4v) is 5.24. The van der Waals surface area contributed by atoms with Gasteiger partial charge >= 0.3 is 0 Å². The maximum absolute atomic E-state index is 13.4. The SMILES string of the molecule is CCOc1nc2cccc(C(=O)NCCc3ccc(Br)cc3)c2n1Cc1ccc(-c2ccccc2-c2nn[nH]n2)cc1. The second-order valence-electron chi connectivity index (χ2n) is 9.70. The van der Waals surface area contributed by atoms with Crippen LogP contribution >= 0.6 is 15.9 Å². The van der Waals surface area contributed by atoms with Gasteiger partial charge in [0.05, 0.1) is 29.7 Å². The number of nitrogens with zero attached hydrogens (tertiary/aromatic N) is 5. The number of aromatic nitrogens is 6. The van der Waals surface area contributed by atoms with Crippen molar-refractivity contribution in [3.05, 3.63) is 112 Å². The number of para-hydroxylation sites is 1. The van der Waals surface area contributed by atoms with Crippen LogP contribution in [0.25, 0.3) is 33.5 Å². The summed E-state index contributed by atoms with van der Waals surface area (Å²) in [7, 11) is 0. The van der Waals surface area contributed by atoms with Gasteiger partial charge in [-0.25, -0.2) is 0 Å². The maximum Gasteiger partial charge on any atom is 0.297 e. The normalized spacial score (nSPS) is 11.1. The number of fused-ring (bicyclic) bond motifs is 1. The van der Waals surface area contributed by atoms with Crippen molar-refractivity contribution in [3.63, 3.8) is 0 Å². The lowest BCUT2D eigenvalue weighted by atomic mass is 9.98.